The second-order valence-electron chi connectivity index (χ2n) is 21.6. The van der Waals surface area contributed by atoms with Gasteiger partial charge in [-0.15, -0.1) is 0 Å². The lowest BCUT2D eigenvalue weighted by atomic mass is 9.81. The average Bonchev–Trinajstić information content (AvgIpc) is 3.67. The highest BCUT2D eigenvalue weighted by Gasteiger charge is 2.38. The van der Waals surface area contributed by atoms with Crippen LogP contribution >= 0.6 is 16.8 Å². The molecule has 0 fully saturated rings. The Hall–Kier alpha value is -6.21. The van der Waals surface area contributed by atoms with E-state index in [-0.39, 0.29) is 10.8 Å². The van der Waals surface area contributed by atoms with Gasteiger partial charge in [0.2, 0.25) is 0 Å². The minimum absolute atomic E-state index is 0.379. The number of rotatable bonds is 11. The maximum atomic E-state index is 7.45. The minimum Gasteiger partial charge on any atom is -0.497 e. The van der Waals surface area contributed by atoms with Crippen molar-refractivity contribution in [2.24, 2.45) is 0 Å². The Morgan fingerprint density at radius 3 is 1.06 bits per heavy atom. The molecule has 1 aliphatic heterocycles. The van der Waals surface area contributed by atoms with Gasteiger partial charge in [-0.3, -0.25) is 0 Å². The molecule has 0 amide bonds. The maximum Gasteiger partial charge on any atom is 0.530 e. The quantitative estimate of drug-likeness (QED) is 0.117. The van der Waals surface area contributed by atoms with Gasteiger partial charge in [-0.1, -0.05) is 144 Å². The molecule has 0 bridgehead atoms. The SMILES string of the molecule is COc1cc(-c2cc(OC)cc(C(C)(C)C)c2Op2oc3c(C(C)(C)C)cc(OC)cc3c3cc(OC)cc(C(C)(C)C)c3o2)c(OP2OC(c3ccccc3)=C(c3ccccc3)O2)c(C(C)(C)C)c1. The smallest absolute Gasteiger partial charge is 0.497 e. The van der Waals surface area contributed by atoms with Gasteiger partial charge in [0, 0.05) is 55.3 Å². The molecule has 2 heterocycles. The van der Waals surface area contributed by atoms with Crippen LogP contribution < -0.4 is 28.0 Å². The first-order chi connectivity index (χ1) is 33.0. The van der Waals surface area contributed by atoms with E-state index >= 15 is 0 Å². The summed E-state index contributed by atoms with van der Waals surface area (Å²) >= 11 is 0. The molecule has 12 heteroatoms. The van der Waals surface area contributed by atoms with Crippen LogP contribution in [0.15, 0.2) is 118 Å². The summed E-state index contributed by atoms with van der Waals surface area (Å²) in [5.74, 6) is 4.87. The fourth-order valence-electron chi connectivity index (χ4n) is 8.49. The zero-order valence-corrected chi connectivity index (χ0v) is 45.2. The van der Waals surface area contributed by atoms with Crippen LogP contribution in [0, 0.1) is 0 Å². The number of hydrogen-bond acceptors (Lipinski definition) is 10. The van der Waals surface area contributed by atoms with Crippen LogP contribution in [-0.4, -0.2) is 28.4 Å². The van der Waals surface area contributed by atoms with Crippen LogP contribution in [0.4, 0.5) is 0 Å². The van der Waals surface area contributed by atoms with Crippen molar-refractivity contribution in [3.63, 3.8) is 0 Å². The number of hydrogen-bond donors (Lipinski definition) is 0. The molecule has 1 aromatic heterocycles. The Morgan fingerprint density at radius 1 is 0.386 bits per heavy atom. The lowest BCUT2D eigenvalue weighted by Gasteiger charge is -2.28. The number of methoxy groups -OCH3 is 4. The van der Waals surface area contributed by atoms with Gasteiger partial charge in [0.05, 0.1) is 28.4 Å². The van der Waals surface area contributed by atoms with Crippen molar-refractivity contribution in [3.05, 3.63) is 143 Å². The third kappa shape index (κ3) is 10.2. The third-order valence-corrected chi connectivity index (χ3v) is 14.3. The predicted molar refractivity (Wildman–Crippen MR) is 285 cm³/mol. The van der Waals surface area contributed by atoms with E-state index in [2.05, 4.69) is 83.1 Å². The van der Waals surface area contributed by atoms with Crippen molar-refractivity contribution in [3.8, 4) is 45.6 Å². The summed E-state index contributed by atoms with van der Waals surface area (Å²) in [6, 6.07) is 35.9. The van der Waals surface area contributed by atoms with Gasteiger partial charge in [0.15, 0.2) is 11.5 Å². The van der Waals surface area contributed by atoms with E-state index in [0.29, 0.717) is 68.3 Å². The molecule has 0 atom stereocenters. The van der Waals surface area contributed by atoms with Crippen molar-refractivity contribution in [1.29, 1.82) is 0 Å². The Labute approximate surface area is 415 Å². The summed E-state index contributed by atoms with van der Waals surface area (Å²) < 4.78 is 66.7. The highest BCUT2D eigenvalue weighted by Crippen LogP contribution is 2.60. The fourth-order valence-corrected chi connectivity index (χ4v) is 10.8. The molecule has 368 valence electrons. The van der Waals surface area contributed by atoms with Gasteiger partial charge in [-0.25, -0.2) is 0 Å². The zero-order chi connectivity index (χ0) is 50.5. The highest BCUT2D eigenvalue weighted by molar-refractivity contribution is 7.43. The summed E-state index contributed by atoms with van der Waals surface area (Å²) in [5.41, 5.74) is 6.19. The number of fused-ring (bicyclic) bond motifs is 3. The average molecular weight is 985 g/mol. The Morgan fingerprint density at radius 2 is 0.714 bits per heavy atom. The van der Waals surface area contributed by atoms with Crippen molar-refractivity contribution < 1.29 is 45.4 Å². The Balaban J connectivity index is 1.43. The van der Waals surface area contributed by atoms with E-state index in [4.69, 9.17) is 45.4 Å². The first-order valence-electron chi connectivity index (χ1n) is 23.5. The molecule has 0 unspecified atom stereocenters. The fraction of sp³-hybridized carbons (Fsp3) is 0.345. The van der Waals surface area contributed by atoms with Crippen molar-refractivity contribution in [2.45, 2.75) is 105 Å². The molecule has 0 spiro atoms. The molecule has 0 radical (unpaired) electrons. The topological polar surface area (TPSA) is 100 Å². The van der Waals surface area contributed by atoms with Crippen molar-refractivity contribution >= 4 is 50.3 Å². The third-order valence-electron chi connectivity index (χ3n) is 12.3. The van der Waals surface area contributed by atoms with Crippen LogP contribution in [0.2, 0.25) is 0 Å². The highest BCUT2D eigenvalue weighted by atomic mass is 31.2. The lowest BCUT2D eigenvalue weighted by Crippen LogP contribution is -2.15. The van der Waals surface area contributed by atoms with E-state index in [1.54, 1.807) is 28.4 Å². The van der Waals surface area contributed by atoms with E-state index < -0.39 is 27.7 Å². The van der Waals surface area contributed by atoms with Gasteiger partial charge in [0.1, 0.15) is 45.7 Å². The van der Waals surface area contributed by atoms with E-state index in [0.717, 1.165) is 44.2 Å². The number of benzene rings is 6. The molecule has 0 saturated heterocycles. The van der Waals surface area contributed by atoms with Gasteiger partial charge in [-0.2, -0.15) is 0 Å². The van der Waals surface area contributed by atoms with E-state index in [9.17, 15) is 0 Å². The molecule has 0 saturated carbocycles. The van der Waals surface area contributed by atoms with Crippen LogP contribution in [-0.2, 0) is 30.7 Å². The Bertz CT molecular complexity index is 2990. The van der Waals surface area contributed by atoms with Gasteiger partial charge in [0.25, 0.3) is 0 Å². The summed E-state index contributed by atoms with van der Waals surface area (Å²) in [5, 5.41) is 1.61. The molecule has 70 heavy (non-hydrogen) atoms. The van der Waals surface area contributed by atoms with Crippen molar-refractivity contribution in [1.82, 2.24) is 0 Å². The molecular weight excluding hydrogens is 919 g/mol. The van der Waals surface area contributed by atoms with Crippen molar-refractivity contribution in [2.75, 3.05) is 28.4 Å². The molecule has 8 rings (SSSR count). The largest absolute Gasteiger partial charge is 0.530 e. The van der Waals surface area contributed by atoms with Crippen LogP contribution in [0.5, 0.6) is 34.5 Å². The lowest BCUT2D eigenvalue weighted by molar-refractivity contribution is 0.381. The first-order valence-corrected chi connectivity index (χ1v) is 25.7. The molecule has 6 aromatic carbocycles. The zero-order valence-electron chi connectivity index (χ0n) is 43.4. The van der Waals surface area contributed by atoms with Gasteiger partial charge >= 0.3 is 16.8 Å². The molecule has 7 aromatic rings. The Kier molecular flexibility index (Phi) is 13.8. The second kappa shape index (κ2) is 19.2. The molecule has 1 aliphatic rings. The van der Waals surface area contributed by atoms with Crippen LogP contribution in [0.25, 0.3) is 44.6 Å². The van der Waals surface area contributed by atoms with Crippen LogP contribution in [0.1, 0.15) is 116 Å². The molecule has 0 N–H and O–H groups in total. The van der Waals surface area contributed by atoms with Crippen LogP contribution in [0.3, 0.4) is 0 Å². The monoisotopic (exact) mass is 984 g/mol. The summed E-state index contributed by atoms with van der Waals surface area (Å²) in [6.45, 7) is 25.8. The molecule has 0 aliphatic carbocycles. The maximum absolute atomic E-state index is 7.45. The summed E-state index contributed by atoms with van der Waals surface area (Å²) in [6.07, 6.45) is 0. The van der Waals surface area contributed by atoms with Gasteiger partial charge < -0.3 is 45.4 Å². The van der Waals surface area contributed by atoms with E-state index in [1.807, 2.05) is 109 Å². The standard InChI is InChI=1S/C58H66O10P2/c1-55(2,3)45-31-37(59-13)27-41(51(45)65-69-63-49(35-23-19-17-20-24-35)50(64-69)36-25-21-18-22-26-36)42-28-38(60-14)32-46(56(4,5)6)52(42)66-70-67-53-43(29-39(61-15)33-47(53)57(7,8)9)44-30-40(62-16)34-48(54(44)68-70)58(10,11)12/h17-34H,1-16H3. The predicted octanol–water partition coefficient (Wildman–Crippen LogP) is 17.2. The minimum atomic E-state index is -2.26. The molecular formula is C58H66O10P2. The van der Waals surface area contributed by atoms with E-state index in [1.165, 1.54) is 0 Å². The summed E-state index contributed by atoms with van der Waals surface area (Å²) in [4.78, 5) is 0. The first kappa shape index (κ1) is 50.2. The molecule has 10 nitrogen and oxygen atoms in total. The normalized spacial score (nSPS) is 13.5. The summed E-state index contributed by atoms with van der Waals surface area (Å²) in [7, 11) is 2.38. The second-order valence-corrected chi connectivity index (χ2v) is 23.6. The number of ether oxygens (including phenoxy) is 4. The van der Waals surface area contributed by atoms with Gasteiger partial charge in [-0.05, 0) is 70.2 Å².